The average molecular weight is 552 g/mol. The van der Waals surface area contributed by atoms with Crippen molar-refractivity contribution in [3.63, 3.8) is 0 Å². The van der Waals surface area contributed by atoms with Crippen molar-refractivity contribution in [3.8, 4) is 0 Å². The van der Waals surface area contributed by atoms with E-state index in [1.54, 1.807) is 19.1 Å². The van der Waals surface area contributed by atoms with Crippen LogP contribution in [-0.4, -0.2) is 69.3 Å². The van der Waals surface area contributed by atoms with E-state index in [2.05, 4.69) is 20.6 Å². The van der Waals surface area contributed by atoms with Gasteiger partial charge in [0.15, 0.2) is 5.78 Å². The van der Waals surface area contributed by atoms with Crippen molar-refractivity contribution in [1.82, 2.24) is 20.6 Å². The van der Waals surface area contributed by atoms with Gasteiger partial charge in [0.2, 0.25) is 5.91 Å². The molecule has 0 saturated carbocycles. The molecule has 0 aliphatic carbocycles. The number of amides is 2. The molecule has 2 heterocycles. The molecule has 1 saturated heterocycles. The Balaban J connectivity index is 1.89. The summed E-state index contributed by atoms with van der Waals surface area (Å²) in [6.45, 7) is 5.30. The molecule has 1 aromatic carbocycles. The van der Waals surface area contributed by atoms with Crippen molar-refractivity contribution in [1.29, 1.82) is 0 Å². The second kappa shape index (κ2) is 13.8. The van der Waals surface area contributed by atoms with Crippen molar-refractivity contribution in [2.75, 3.05) is 0 Å². The Hall–Kier alpha value is -4.13. The minimum atomic E-state index is -1.91. The SMILES string of the molecule is CCC(=O)[C@@]1(CC(=O)O)CC(=O)OB([C@H](CC(C)C)NC(=O)[C@H](Cc2ccccc2)NC(=O)c2cnccn2)O1. The number of nitrogens with zero attached hydrogens (tertiary/aromatic N) is 2. The van der Waals surface area contributed by atoms with Crippen LogP contribution in [0.15, 0.2) is 48.9 Å². The maximum Gasteiger partial charge on any atom is 0.552 e. The summed E-state index contributed by atoms with van der Waals surface area (Å²) in [7, 11) is -1.42. The van der Waals surface area contributed by atoms with Crippen molar-refractivity contribution >= 4 is 36.7 Å². The minimum Gasteiger partial charge on any atom is -0.508 e. The number of hydrogen-bond acceptors (Lipinski definition) is 9. The zero-order valence-electron chi connectivity index (χ0n) is 22.7. The number of benzene rings is 1. The highest BCUT2D eigenvalue weighted by atomic mass is 16.6. The van der Waals surface area contributed by atoms with Gasteiger partial charge < -0.3 is 25.0 Å². The quantitative estimate of drug-likeness (QED) is 0.309. The zero-order chi connectivity index (χ0) is 29.3. The van der Waals surface area contributed by atoms with E-state index in [1.165, 1.54) is 18.6 Å². The summed E-state index contributed by atoms with van der Waals surface area (Å²) < 4.78 is 11.3. The first-order valence-corrected chi connectivity index (χ1v) is 13.1. The van der Waals surface area contributed by atoms with Gasteiger partial charge in [0.25, 0.3) is 11.9 Å². The van der Waals surface area contributed by atoms with Gasteiger partial charge in [-0.3, -0.25) is 29.0 Å². The number of carboxylic acid groups (broad SMARTS) is 1. The lowest BCUT2D eigenvalue weighted by molar-refractivity contribution is -0.163. The first kappa shape index (κ1) is 30.4. The molecule has 40 heavy (non-hydrogen) atoms. The Kier molecular flexibility index (Phi) is 10.5. The lowest BCUT2D eigenvalue weighted by Crippen LogP contribution is -2.62. The van der Waals surface area contributed by atoms with E-state index in [-0.39, 0.29) is 30.9 Å². The van der Waals surface area contributed by atoms with Crippen LogP contribution in [0.3, 0.4) is 0 Å². The Morgan fingerprint density at radius 2 is 1.85 bits per heavy atom. The van der Waals surface area contributed by atoms with Gasteiger partial charge in [0, 0.05) is 25.2 Å². The smallest absolute Gasteiger partial charge is 0.508 e. The van der Waals surface area contributed by atoms with E-state index < -0.39 is 67.1 Å². The van der Waals surface area contributed by atoms with Crippen LogP contribution in [0, 0.1) is 5.92 Å². The zero-order valence-corrected chi connectivity index (χ0v) is 22.7. The molecule has 1 aromatic heterocycles. The largest absolute Gasteiger partial charge is 0.552 e. The van der Waals surface area contributed by atoms with Gasteiger partial charge in [0.05, 0.1) is 25.0 Å². The number of ketones is 1. The summed E-state index contributed by atoms with van der Waals surface area (Å²) in [5.41, 5.74) is -1.12. The van der Waals surface area contributed by atoms with Crippen molar-refractivity contribution in [2.24, 2.45) is 5.92 Å². The first-order chi connectivity index (χ1) is 19.0. The molecule has 212 valence electrons. The maximum atomic E-state index is 13.6. The highest BCUT2D eigenvalue weighted by molar-refractivity contribution is 6.50. The summed E-state index contributed by atoms with van der Waals surface area (Å²) >= 11 is 0. The van der Waals surface area contributed by atoms with Crippen molar-refractivity contribution in [2.45, 2.75) is 70.5 Å². The van der Waals surface area contributed by atoms with Crippen LogP contribution in [0.4, 0.5) is 0 Å². The molecule has 2 aromatic rings. The Labute approximate surface area is 232 Å². The molecule has 0 spiro atoms. The number of carbonyl (C=O) groups is 5. The molecule has 2 amide bonds. The summed E-state index contributed by atoms with van der Waals surface area (Å²) in [6.07, 6.45) is 3.13. The van der Waals surface area contributed by atoms with Gasteiger partial charge in [-0.25, -0.2) is 4.98 Å². The molecular formula is C27H33BN4O8. The average Bonchev–Trinajstić information content (AvgIpc) is 2.91. The number of hydrogen-bond donors (Lipinski definition) is 3. The molecule has 0 unspecified atom stereocenters. The third-order valence-corrected chi connectivity index (χ3v) is 6.37. The molecule has 0 radical (unpaired) electrons. The Morgan fingerprint density at radius 3 is 2.45 bits per heavy atom. The molecule has 1 aliphatic heterocycles. The minimum absolute atomic E-state index is 0.0213. The van der Waals surface area contributed by atoms with E-state index in [1.807, 2.05) is 32.0 Å². The van der Waals surface area contributed by atoms with Crippen LogP contribution in [0.2, 0.25) is 0 Å². The molecule has 0 bridgehead atoms. The number of carbonyl (C=O) groups excluding carboxylic acids is 4. The number of rotatable bonds is 13. The fraction of sp³-hybridized carbons (Fsp3) is 0.444. The lowest BCUT2D eigenvalue weighted by atomic mass is 9.70. The number of carboxylic acids is 1. The molecule has 3 N–H and O–H groups in total. The predicted octanol–water partition coefficient (Wildman–Crippen LogP) is 1.53. The molecule has 13 heteroatoms. The predicted molar refractivity (Wildman–Crippen MR) is 143 cm³/mol. The number of aromatic nitrogens is 2. The number of aliphatic carboxylic acids is 1. The topological polar surface area (TPSA) is 174 Å². The fourth-order valence-corrected chi connectivity index (χ4v) is 4.53. The molecule has 3 rings (SSSR count). The third-order valence-electron chi connectivity index (χ3n) is 6.37. The normalized spacial score (nSPS) is 18.4. The van der Waals surface area contributed by atoms with Crippen molar-refractivity contribution in [3.05, 3.63) is 60.2 Å². The number of nitrogens with one attached hydrogen (secondary N) is 2. The first-order valence-electron chi connectivity index (χ1n) is 13.1. The summed E-state index contributed by atoms with van der Waals surface area (Å²) in [5.74, 6) is -4.84. The fourth-order valence-electron chi connectivity index (χ4n) is 4.53. The second-order valence-corrected chi connectivity index (χ2v) is 10.0. The van der Waals surface area contributed by atoms with E-state index in [9.17, 15) is 29.1 Å². The molecular weight excluding hydrogens is 519 g/mol. The lowest BCUT2D eigenvalue weighted by Gasteiger charge is -2.39. The molecule has 1 aliphatic rings. The number of Topliss-reactive ketones (excluding diaryl/α,β-unsaturated/α-hetero) is 1. The van der Waals surface area contributed by atoms with Gasteiger partial charge in [-0.1, -0.05) is 51.1 Å². The van der Waals surface area contributed by atoms with Gasteiger partial charge >= 0.3 is 13.1 Å². The highest BCUT2D eigenvalue weighted by Crippen LogP contribution is 2.31. The van der Waals surface area contributed by atoms with Gasteiger partial charge in [-0.15, -0.1) is 0 Å². The maximum absolute atomic E-state index is 13.6. The van der Waals surface area contributed by atoms with Crippen molar-refractivity contribution < 1.29 is 38.4 Å². The third kappa shape index (κ3) is 8.19. The molecule has 12 nitrogen and oxygen atoms in total. The van der Waals surface area contributed by atoms with Crippen LogP contribution in [0.25, 0.3) is 0 Å². The van der Waals surface area contributed by atoms with Crippen LogP contribution >= 0.6 is 0 Å². The van der Waals surface area contributed by atoms with Gasteiger partial charge in [-0.2, -0.15) is 0 Å². The van der Waals surface area contributed by atoms with E-state index in [4.69, 9.17) is 9.31 Å². The summed E-state index contributed by atoms with van der Waals surface area (Å²) in [5, 5.41) is 15.0. The monoisotopic (exact) mass is 552 g/mol. The Morgan fingerprint density at radius 1 is 1.12 bits per heavy atom. The Bertz CT molecular complexity index is 1210. The van der Waals surface area contributed by atoms with E-state index >= 15 is 0 Å². The summed E-state index contributed by atoms with van der Waals surface area (Å²) in [6, 6.07) is 7.99. The summed E-state index contributed by atoms with van der Waals surface area (Å²) in [4.78, 5) is 71.4. The highest BCUT2D eigenvalue weighted by Gasteiger charge is 2.53. The molecule has 3 atom stereocenters. The van der Waals surface area contributed by atoms with Gasteiger partial charge in [0.1, 0.15) is 17.3 Å². The van der Waals surface area contributed by atoms with Crippen LogP contribution in [0.1, 0.15) is 62.5 Å². The van der Waals surface area contributed by atoms with E-state index in [0.717, 1.165) is 5.56 Å². The van der Waals surface area contributed by atoms with Crippen LogP contribution in [0.5, 0.6) is 0 Å². The van der Waals surface area contributed by atoms with Gasteiger partial charge in [-0.05, 0) is 17.9 Å². The van der Waals surface area contributed by atoms with Crippen LogP contribution in [-0.2, 0) is 34.9 Å². The molecule has 1 fully saturated rings. The van der Waals surface area contributed by atoms with Crippen LogP contribution < -0.4 is 10.6 Å². The second-order valence-electron chi connectivity index (χ2n) is 10.0. The van der Waals surface area contributed by atoms with E-state index in [0.29, 0.717) is 0 Å². The standard InChI is InChI=1S/C27H33BN4O8/c1-4-21(33)27(14-23(34)35)15-24(36)39-28(40-27)22(12-17(2)3)32-25(37)19(13-18-8-6-5-7-9-18)31-26(38)20-16-29-10-11-30-20/h5-11,16-17,19,22H,4,12-15H2,1-3H3,(H,31,38)(H,32,37)(H,34,35)/t19-,22-,27+/m0/s1.